The van der Waals surface area contributed by atoms with Crippen LogP contribution in [0.1, 0.15) is 13.3 Å². The van der Waals surface area contributed by atoms with Crippen LogP contribution >= 0.6 is 0 Å². The molecule has 0 aromatic carbocycles. The van der Waals surface area contributed by atoms with Crippen LogP contribution in [-0.2, 0) is 0 Å². The molecule has 0 atom stereocenters. The lowest BCUT2D eigenvalue weighted by atomic mass is 10.2. The third-order valence-electron chi connectivity index (χ3n) is 1.90. The Balaban J connectivity index is 2.89. The van der Waals surface area contributed by atoms with E-state index in [-0.39, 0.29) is 0 Å². The van der Waals surface area contributed by atoms with E-state index in [1.807, 2.05) is 0 Å². The predicted molar refractivity (Wildman–Crippen MR) is 49.3 cm³/mol. The van der Waals surface area contributed by atoms with E-state index < -0.39 is 0 Å². The van der Waals surface area contributed by atoms with Crippen LogP contribution < -0.4 is 0 Å². The summed E-state index contributed by atoms with van der Waals surface area (Å²) in [5.74, 6) is 0. The van der Waals surface area contributed by atoms with Crippen molar-refractivity contribution in [2.45, 2.75) is 13.3 Å². The number of allylic oxidation sites excluding steroid dienone is 5. The zero-order valence-electron chi connectivity index (χ0n) is 7.46. The van der Waals surface area contributed by atoms with Gasteiger partial charge in [-0.25, -0.2) is 0 Å². The molecule has 11 heavy (non-hydrogen) atoms. The molecule has 1 aliphatic carbocycles. The van der Waals surface area contributed by atoms with E-state index in [9.17, 15) is 0 Å². The van der Waals surface area contributed by atoms with E-state index in [1.54, 1.807) is 0 Å². The lowest BCUT2D eigenvalue weighted by molar-refractivity contribution is 0.496. The Morgan fingerprint density at radius 3 is 2.64 bits per heavy atom. The Kier molecular flexibility index (Phi) is 2.53. The Morgan fingerprint density at radius 1 is 1.27 bits per heavy atom. The van der Waals surface area contributed by atoms with E-state index in [0.717, 1.165) is 6.42 Å². The van der Waals surface area contributed by atoms with E-state index in [4.69, 9.17) is 0 Å². The molecule has 0 aliphatic heterocycles. The Hall–Kier alpha value is -0.980. The van der Waals surface area contributed by atoms with Gasteiger partial charge in [-0.3, -0.25) is 0 Å². The third-order valence-corrected chi connectivity index (χ3v) is 1.90. The van der Waals surface area contributed by atoms with Crippen molar-refractivity contribution in [1.82, 2.24) is 4.90 Å². The third kappa shape index (κ3) is 1.97. The van der Waals surface area contributed by atoms with E-state index in [1.165, 1.54) is 11.3 Å². The molecular weight excluding hydrogens is 134 g/mol. The normalized spacial score (nSPS) is 17.0. The average Bonchev–Trinajstić information content (AvgIpc) is 2.13. The first kappa shape index (κ1) is 8.12. The van der Waals surface area contributed by atoms with Crippen LogP contribution in [0.3, 0.4) is 0 Å². The highest BCUT2D eigenvalue weighted by Gasteiger charge is 2.01. The molecule has 60 valence electrons. The summed E-state index contributed by atoms with van der Waals surface area (Å²) in [6.07, 6.45) is 9.57. The maximum atomic E-state index is 2.18. The second-order valence-electron chi connectivity index (χ2n) is 3.02. The first-order valence-electron chi connectivity index (χ1n) is 3.92. The molecule has 1 heteroatoms. The number of rotatable bonds is 1. The molecule has 1 nitrogen and oxygen atoms in total. The van der Waals surface area contributed by atoms with Crippen molar-refractivity contribution in [3.8, 4) is 0 Å². The SMILES string of the molecule is CC1=C(N(C)C)CC=CC=C1. The summed E-state index contributed by atoms with van der Waals surface area (Å²) in [4.78, 5) is 2.18. The van der Waals surface area contributed by atoms with Gasteiger partial charge in [0.2, 0.25) is 0 Å². The van der Waals surface area contributed by atoms with Crippen molar-refractivity contribution in [1.29, 1.82) is 0 Å². The van der Waals surface area contributed by atoms with Crippen LogP contribution in [0, 0.1) is 0 Å². The molecule has 1 rings (SSSR count). The smallest absolute Gasteiger partial charge is 0.0195 e. The van der Waals surface area contributed by atoms with Gasteiger partial charge in [-0.2, -0.15) is 0 Å². The van der Waals surface area contributed by atoms with E-state index in [2.05, 4.69) is 50.2 Å². The Labute approximate surface area is 68.7 Å². The number of nitrogens with zero attached hydrogens (tertiary/aromatic N) is 1. The zero-order valence-corrected chi connectivity index (χ0v) is 7.46. The molecule has 0 bridgehead atoms. The van der Waals surface area contributed by atoms with Crippen LogP contribution in [0.25, 0.3) is 0 Å². The molecule has 0 fully saturated rings. The minimum atomic E-state index is 1.05. The summed E-state index contributed by atoms with van der Waals surface area (Å²) in [6, 6.07) is 0. The summed E-state index contributed by atoms with van der Waals surface area (Å²) in [5, 5.41) is 0. The predicted octanol–water partition coefficient (Wildman–Crippen LogP) is 2.34. The largest absolute Gasteiger partial charge is 0.380 e. The molecule has 0 saturated carbocycles. The lowest BCUT2D eigenvalue weighted by Crippen LogP contribution is -2.11. The second kappa shape index (κ2) is 3.42. The molecule has 0 saturated heterocycles. The number of hydrogen-bond donors (Lipinski definition) is 0. The highest BCUT2D eigenvalue weighted by atomic mass is 15.1. The summed E-state index contributed by atoms with van der Waals surface area (Å²) >= 11 is 0. The van der Waals surface area contributed by atoms with Crippen LogP contribution in [0.2, 0.25) is 0 Å². The molecule has 0 heterocycles. The summed E-state index contributed by atoms with van der Waals surface area (Å²) in [5.41, 5.74) is 2.76. The summed E-state index contributed by atoms with van der Waals surface area (Å²) in [6.45, 7) is 2.15. The molecule has 1 aliphatic rings. The highest BCUT2D eigenvalue weighted by Crippen LogP contribution is 2.15. The van der Waals surface area contributed by atoms with Gasteiger partial charge in [0.15, 0.2) is 0 Å². The van der Waals surface area contributed by atoms with Crippen molar-refractivity contribution >= 4 is 0 Å². The fraction of sp³-hybridized carbons (Fsp3) is 0.400. The van der Waals surface area contributed by atoms with Gasteiger partial charge in [-0.15, -0.1) is 0 Å². The van der Waals surface area contributed by atoms with Gasteiger partial charge in [-0.05, 0) is 12.5 Å². The highest BCUT2D eigenvalue weighted by molar-refractivity contribution is 5.29. The minimum Gasteiger partial charge on any atom is -0.380 e. The molecule has 0 aromatic heterocycles. The Morgan fingerprint density at radius 2 is 2.00 bits per heavy atom. The van der Waals surface area contributed by atoms with Crippen LogP contribution in [0.15, 0.2) is 35.6 Å². The monoisotopic (exact) mass is 149 g/mol. The van der Waals surface area contributed by atoms with Crippen molar-refractivity contribution in [2.75, 3.05) is 14.1 Å². The Bertz CT molecular complexity index is 219. The lowest BCUT2D eigenvalue weighted by Gasteiger charge is -2.17. The maximum Gasteiger partial charge on any atom is 0.0195 e. The zero-order chi connectivity index (χ0) is 8.27. The first-order valence-corrected chi connectivity index (χ1v) is 3.92. The topological polar surface area (TPSA) is 3.24 Å². The maximum absolute atomic E-state index is 2.18. The minimum absolute atomic E-state index is 1.05. The van der Waals surface area contributed by atoms with Gasteiger partial charge in [0, 0.05) is 26.2 Å². The van der Waals surface area contributed by atoms with Gasteiger partial charge >= 0.3 is 0 Å². The van der Waals surface area contributed by atoms with Gasteiger partial charge < -0.3 is 4.90 Å². The van der Waals surface area contributed by atoms with Gasteiger partial charge in [-0.1, -0.05) is 24.3 Å². The van der Waals surface area contributed by atoms with Crippen LogP contribution in [0.4, 0.5) is 0 Å². The van der Waals surface area contributed by atoms with Crippen molar-refractivity contribution in [2.24, 2.45) is 0 Å². The van der Waals surface area contributed by atoms with Crippen molar-refractivity contribution in [3.63, 3.8) is 0 Å². The molecule has 0 radical (unpaired) electrons. The fourth-order valence-corrected chi connectivity index (χ4v) is 1.25. The molecule has 0 amide bonds. The average molecular weight is 149 g/mol. The van der Waals surface area contributed by atoms with Crippen molar-refractivity contribution < 1.29 is 0 Å². The summed E-state index contributed by atoms with van der Waals surface area (Å²) in [7, 11) is 4.18. The van der Waals surface area contributed by atoms with Crippen LogP contribution in [-0.4, -0.2) is 19.0 Å². The van der Waals surface area contributed by atoms with Crippen molar-refractivity contribution in [3.05, 3.63) is 35.6 Å². The number of hydrogen-bond acceptors (Lipinski definition) is 1. The van der Waals surface area contributed by atoms with Gasteiger partial charge in [0.1, 0.15) is 0 Å². The quantitative estimate of drug-likeness (QED) is 0.553. The van der Waals surface area contributed by atoms with Gasteiger partial charge in [0.05, 0.1) is 0 Å². The fourth-order valence-electron chi connectivity index (χ4n) is 1.25. The van der Waals surface area contributed by atoms with E-state index >= 15 is 0 Å². The molecule has 0 N–H and O–H groups in total. The van der Waals surface area contributed by atoms with Crippen LogP contribution in [0.5, 0.6) is 0 Å². The van der Waals surface area contributed by atoms with Gasteiger partial charge in [0.25, 0.3) is 0 Å². The molecular formula is C10H15N. The molecule has 0 aromatic rings. The first-order chi connectivity index (χ1) is 5.22. The van der Waals surface area contributed by atoms with E-state index in [0.29, 0.717) is 0 Å². The summed E-state index contributed by atoms with van der Waals surface area (Å²) < 4.78 is 0. The second-order valence-corrected chi connectivity index (χ2v) is 3.02. The molecule has 0 unspecified atom stereocenters. The standard InChI is InChI=1S/C10H15N/c1-9-7-5-4-6-8-10(9)11(2)3/h4-7H,8H2,1-3H3. The molecule has 0 spiro atoms.